The van der Waals surface area contributed by atoms with Gasteiger partial charge in [0, 0.05) is 22.6 Å². The lowest BCUT2D eigenvalue weighted by Gasteiger charge is -2.09. The van der Waals surface area contributed by atoms with Crippen molar-refractivity contribution >= 4 is 35.1 Å². The van der Waals surface area contributed by atoms with Crippen LogP contribution in [0.4, 0.5) is 10.1 Å². The van der Waals surface area contributed by atoms with Crippen LogP contribution in [0.2, 0.25) is 0 Å². The number of carbonyl (C=O) groups excluding carboxylic acids is 3. The summed E-state index contributed by atoms with van der Waals surface area (Å²) in [5.74, 6) is -1.64. The molecule has 2 aromatic rings. The van der Waals surface area contributed by atoms with E-state index in [1.54, 1.807) is 19.9 Å². The molecule has 1 aromatic heterocycles. The smallest absolute Gasteiger partial charge is 0.268 e. The third-order valence-corrected chi connectivity index (χ3v) is 4.80. The predicted molar refractivity (Wildman–Crippen MR) is 98.5 cm³/mol. The van der Waals surface area contributed by atoms with Gasteiger partial charge in [0.15, 0.2) is 0 Å². The van der Waals surface area contributed by atoms with E-state index in [1.807, 2.05) is 0 Å². The van der Waals surface area contributed by atoms with Crippen molar-refractivity contribution in [1.82, 2.24) is 15.8 Å². The molecule has 1 saturated heterocycles. The molecule has 4 N–H and O–H groups in total. The molecule has 1 fully saturated rings. The molecule has 9 heteroatoms. The fraction of sp³-hybridized carbons (Fsp3) is 0.211. The second-order valence-corrected chi connectivity index (χ2v) is 6.67. The van der Waals surface area contributed by atoms with E-state index in [1.165, 1.54) is 18.2 Å². The number of rotatable bonds is 3. The number of amides is 3. The van der Waals surface area contributed by atoms with Gasteiger partial charge in [-0.1, -0.05) is 0 Å². The Hall–Kier alpha value is -3.46. The van der Waals surface area contributed by atoms with E-state index in [9.17, 15) is 18.8 Å². The van der Waals surface area contributed by atoms with E-state index in [4.69, 9.17) is 4.84 Å². The molecule has 1 aromatic carbocycles. The van der Waals surface area contributed by atoms with E-state index < -0.39 is 23.7 Å². The Labute approximate surface area is 159 Å². The van der Waals surface area contributed by atoms with Crippen LogP contribution in [0, 0.1) is 19.7 Å². The molecule has 0 spiro atoms. The average molecular weight is 384 g/mol. The van der Waals surface area contributed by atoms with Crippen LogP contribution < -0.4 is 16.1 Å². The van der Waals surface area contributed by atoms with Gasteiger partial charge in [-0.05, 0) is 43.7 Å². The van der Waals surface area contributed by atoms with Crippen LogP contribution in [0.5, 0.6) is 0 Å². The maximum Gasteiger partial charge on any atom is 0.268 e. The van der Waals surface area contributed by atoms with Gasteiger partial charge >= 0.3 is 0 Å². The summed E-state index contributed by atoms with van der Waals surface area (Å²) >= 11 is 0. The fourth-order valence-corrected chi connectivity index (χ4v) is 3.39. The molecule has 2 aliphatic rings. The lowest BCUT2D eigenvalue weighted by molar-refractivity contribution is -0.125. The number of hydroxylamine groups is 1. The number of aromatic nitrogens is 1. The number of halogens is 1. The van der Waals surface area contributed by atoms with Crippen molar-refractivity contribution < 1.29 is 23.6 Å². The van der Waals surface area contributed by atoms with Gasteiger partial charge in [0.1, 0.15) is 18.5 Å². The summed E-state index contributed by atoms with van der Waals surface area (Å²) in [5.41, 5.74) is 5.60. The SMILES string of the molecule is Cc1[nH]c(C=C2C(=O)Nc3ccc(F)cc32)c(C)c1C(=O)N[C@@H]1CONC1=O. The van der Waals surface area contributed by atoms with Crippen LogP contribution in [0.3, 0.4) is 0 Å². The van der Waals surface area contributed by atoms with Crippen molar-refractivity contribution in [3.63, 3.8) is 0 Å². The van der Waals surface area contributed by atoms with Crippen molar-refractivity contribution in [2.24, 2.45) is 0 Å². The fourth-order valence-electron chi connectivity index (χ4n) is 3.39. The summed E-state index contributed by atoms with van der Waals surface area (Å²) in [6.07, 6.45) is 1.59. The first-order valence-electron chi connectivity index (χ1n) is 8.60. The number of carbonyl (C=O) groups is 3. The zero-order chi connectivity index (χ0) is 20.0. The number of aromatic amines is 1. The average Bonchev–Trinajstić information content (AvgIpc) is 3.26. The van der Waals surface area contributed by atoms with Crippen LogP contribution in [-0.2, 0) is 14.4 Å². The van der Waals surface area contributed by atoms with E-state index >= 15 is 0 Å². The second kappa shape index (κ2) is 6.61. The number of benzene rings is 1. The minimum Gasteiger partial charge on any atom is -0.358 e. The molecular formula is C19H17FN4O4. The zero-order valence-corrected chi connectivity index (χ0v) is 15.1. The molecule has 144 valence electrons. The number of aryl methyl sites for hydroxylation is 1. The number of hydrogen-bond donors (Lipinski definition) is 4. The van der Waals surface area contributed by atoms with Gasteiger partial charge < -0.3 is 15.6 Å². The van der Waals surface area contributed by atoms with Gasteiger partial charge in [-0.15, -0.1) is 0 Å². The number of H-pyrrole nitrogens is 1. The standard InChI is InChI=1S/C19H17FN4O4/c1-8-14(6-12-11-5-10(20)3-4-13(11)22-17(12)25)21-9(2)16(8)19(27)23-15-7-28-24-18(15)26/h3-6,15,21H,7H2,1-2H3,(H,22,25)(H,23,27)(H,24,26)/t15-/m1/s1. The Morgan fingerprint density at radius 3 is 2.82 bits per heavy atom. The normalized spacial score (nSPS) is 19.5. The van der Waals surface area contributed by atoms with Crippen molar-refractivity contribution in [2.75, 3.05) is 11.9 Å². The van der Waals surface area contributed by atoms with E-state index in [-0.39, 0.29) is 12.5 Å². The van der Waals surface area contributed by atoms with Crippen molar-refractivity contribution in [2.45, 2.75) is 19.9 Å². The van der Waals surface area contributed by atoms with Crippen LogP contribution in [0.25, 0.3) is 11.6 Å². The summed E-state index contributed by atoms with van der Waals surface area (Å²) in [4.78, 5) is 44.4. The molecule has 3 heterocycles. The quantitative estimate of drug-likeness (QED) is 0.600. The first kappa shape index (κ1) is 17.9. The van der Waals surface area contributed by atoms with E-state index in [0.717, 1.165) is 0 Å². The molecule has 3 amide bonds. The molecule has 28 heavy (non-hydrogen) atoms. The highest BCUT2D eigenvalue weighted by Crippen LogP contribution is 2.34. The molecule has 0 saturated carbocycles. The van der Waals surface area contributed by atoms with Crippen molar-refractivity contribution in [3.8, 4) is 0 Å². The summed E-state index contributed by atoms with van der Waals surface area (Å²) in [7, 11) is 0. The Kier molecular flexibility index (Phi) is 4.23. The summed E-state index contributed by atoms with van der Waals surface area (Å²) in [5, 5.41) is 5.31. The Morgan fingerprint density at radius 1 is 1.32 bits per heavy atom. The molecule has 0 aliphatic carbocycles. The number of hydrogen-bond acceptors (Lipinski definition) is 4. The summed E-state index contributed by atoms with van der Waals surface area (Å²) in [6, 6.07) is 3.30. The zero-order valence-electron chi connectivity index (χ0n) is 15.1. The highest BCUT2D eigenvalue weighted by molar-refractivity contribution is 6.34. The topological polar surface area (TPSA) is 112 Å². The maximum absolute atomic E-state index is 13.6. The molecule has 0 unspecified atom stereocenters. The lowest BCUT2D eigenvalue weighted by Crippen LogP contribution is -2.41. The van der Waals surface area contributed by atoms with Gasteiger partial charge in [0.2, 0.25) is 0 Å². The largest absolute Gasteiger partial charge is 0.358 e. The van der Waals surface area contributed by atoms with Gasteiger partial charge in [0.05, 0.1) is 11.1 Å². The van der Waals surface area contributed by atoms with Crippen LogP contribution in [0.15, 0.2) is 18.2 Å². The molecule has 4 rings (SSSR count). The Bertz CT molecular complexity index is 1060. The summed E-state index contributed by atoms with van der Waals surface area (Å²) in [6.45, 7) is 3.50. The monoisotopic (exact) mass is 384 g/mol. The molecular weight excluding hydrogens is 367 g/mol. The van der Waals surface area contributed by atoms with Crippen LogP contribution in [0.1, 0.15) is 32.9 Å². The highest BCUT2D eigenvalue weighted by Gasteiger charge is 2.30. The molecule has 2 aliphatic heterocycles. The number of anilines is 1. The second-order valence-electron chi connectivity index (χ2n) is 6.67. The van der Waals surface area contributed by atoms with Crippen molar-refractivity contribution in [3.05, 3.63) is 52.1 Å². The summed E-state index contributed by atoms with van der Waals surface area (Å²) < 4.78 is 13.6. The first-order valence-corrected chi connectivity index (χ1v) is 8.60. The highest BCUT2D eigenvalue weighted by atomic mass is 19.1. The van der Waals surface area contributed by atoms with Gasteiger partial charge in [-0.2, -0.15) is 0 Å². The molecule has 1 atom stereocenters. The van der Waals surface area contributed by atoms with E-state index in [2.05, 4.69) is 21.1 Å². The Balaban J connectivity index is 1.68. The van der Waals surface area contributed by atoms with Gasteiger partial charge in [0.25, 0.3) is 17.7 Å². The minimum atomic E-state index is -0.765. The third-order valence-electron chi connectivity index (χ3n) is 4.80. The maximum atomic E-state index is 13.6. The van der Waals surface area contributed by atoms with E-state index in [0.29, 0.717) is 39.3 Å². The molecule has 0 radical (unpaired) electrons. The third kappa shape index (κ3) is 2.95. The molecule has 8 nitrogen and oxygen atoms in total. The minimum absolute atomic E-state index is 0.0481. The lowest BCUT2D eigenvalue weighted by atomic mass is 10.0. The van der Waals surface area contributed by atoms with Crippen molar-refractivity contribution in [1.29, 1.82) is 0 Å². The van der Waals surface area contributed by atoms with Gasteiger partial charge in [-0.3, -0.25) is 19.2 Å². The predicted octanol–water partition coefficient (Wildman–Crippen LogP) is 1.42. The molecule has 0 bridgehead atoms. The number of nitrogens with one attached hydrogen (secondary N) is 4. The van der Waals surface area contributed by atoms with Gasteiger partial charge in [-0.25, -0.2) is 9.87 Å². The van der Waals surface area contributed by atoms with Crippen LogP contribution >= 0.6 is 0 Å². The first-order chi connectivity index (χ1) is 13.3. The Morgan fingerprint density at radius 2 is 2.11 bits per heavy atom. The number of fused-ring (bicyclic) bond motifs is 1. The van der Waals surface area contributed by atoms with Crippen LogP contribution in [-0.4, -0.2) is 35.4 Å².